The van der Waals surface area contributed by atoms with Crippen molar-refractivity contribution in [3.8, 4) is 0 Å². The lowest BCUT2D eigenvalue weighted by Gasteiger charge is -2.21. The van der Waals surface area contributed by atoms with Crippen LogP contribution in [0.3, 0.4) is 0 Å². The number of hydrogen-bond donors (Lipinski definition) is 0. The van der Waals surface area contributed by atoms with Crippen molar-refractivity contribution in [2.24, 2.45) is 10.3 Å². The Morgan fingerprint density at radius 1 is 1.26 bits per heavy atom. The summed E-state index contributed by atoms with van der Waals surface area (Å²) in [5, 5.41) is 6.19. The zero-order valence-electron chi connectivity index (χ0n) is 8.96. The summed E-state index contributed by atoms with van der Waals surface area (Å²) in [6, 6.07) is -0.989. The van der Waals surface area contributed by atoms with E-state index in [1.807, 2.05) is 0 Å². The van der Waals surface area contributed by atoms with Gasteiger partial charge in [0.15, 0.2) is 0 Å². The Morgan fingerprint density at radius 2 is 1.89 bits per heavy atom. The molecule has 1 atom stereocenters. The Kier molecular flexibility index (Phi) is 2.90. The summed E-state index contributed by atoms with van der Waals surface area (Å²) in [6.07, 6.45) is -8.93. The lowest BCUT2D eigenvalue weighted by atomic mass is 9.99. The maximum Gasteiger partial charge on any atom is 0.473 e. The monoisotopic (exact) mass is 285 g/mol. The van der Waals surface area contributed by atoms with Gasteiger partial charge in [0.05, 0.1) is 11.3 Å². The molecule has 104 valence electrons. The lowest BCUT2D eigenvalue weighted by molar-refractivity contribution is -0.183. The topological polar surface area (TPSA) is 45.0 Å². The molecule has 0 saturated heterocycles. The molecule has 19 heavy (non-hydrogen) atoms. The molecule has 10 heteroatoms. The summed E-state index contributed by atoms with van der Waals surface area (Å²) in [7, 11) is 0. The van der Waals surface area contributed by atoms with Gasteiger partial charge in [-0.15, -0.1) is 0 Å². The first-order valence-corrected chi connectivity index (χ1v) is 4.91. The van der Waals surface area contributed by atoms with Crippen molar-refractivity contribution in [2.75, 3.05) is 0 Å². The van der Waals surface area contributed by atoms with Crippen molar-refractivity contribution >= 4 is 5.91 Å². The number of halogens is 6. The highest BCUT2D eigenvalue weighted by Crippen LogP contribution is 2.37. The summed E-state index contributed by atoms with van der Waals surface area (Å²) < 4.78 is 74.1. The second-order valence-electron chi connectivity index (χ2n) is 3.80. The molecule has 0 aromatic heterocycles. The Hall–Kier alpha value is -1.87. The van der Waals surface area contributed by atoms with E-state index in [1.165, 1.54) is 0 Å². The first kappa shape index (κ1) is 13.6. The minimum atomic E-state index is -5.23. The number of hydrogen-bond acceptors (Lipinski definition) is 3. The van der Waals surface area contributed by atoms with Crippen LogP contribution >= 0.6 is 0 Å². The lowest BCUT2D eigenvalue weighted by Crippen LogP contribution is -2.37. The molecule has 1 heterocycles. The summed E-state index contributed by atoms with van der Waals surface area (Å²) >= 11 is 0. The molecule has 0 N–H and O–H groups in total. The molecule has 0 aromatic carbocycles. The van der Waals surface area contributed by atoms with Crippen LogP contribution in [0.15, 0.2) is 33.8 Å². The fourth-order valence-corrected chi connectivity index (χ4v) is 1.62. The summed E-state index contributed by atoms with van der Waals surface area (Å²) in [6.45, 7) is 0. The third-order valence-corrected chi connectivity index (χ3v) is 2.49. The number of nitrogens with zero attached hydrogens (tertiary/aromatic N) is 3. The highest BCUT2D eigenvalue weighted by atomic mass is 19.4. The average Bonchev–Trinajstić information content (AvgIpc) is 2.67. The molecule has 0 fully saturated rings. The molecule has 0 aromatic rings. The zero-order valence-corrected chi connectivity index (χ0v) is 8.96. The minimum absolute atomic E-state index is 0.136. The van der Waals surface area contributed by atoms with Gasteiger partial charge in [-0.3, -0.25) is 4.79 Å². The highest BCUT2D eigenvalue weighted by Gasteiger charge is 2.48. The van der Waals surface area contributed by atoms with Crippen LogP contribution in [0.2, 0.25) is 0 Å². The fraction of sp³-hybridized carbons (Fsp3) is 0.444. The van der Waals surface area contributed by atoms with E-state index >= 15 is 0 Å². The molecule has 0 saturated carbocycles. The van der Waals surface area contributed by atoms with Crippen LogP contribution in [0.25, 0.3) is 0 Å². The number of fused-ring (bicyclic) bond motifs is 1. The fourth-order valence-electron chi connectivity index (χ4n) is 1.62. The van der Waals surface area contributed by atoms with Crippen LogP contribution in [-0.2, 0) is 4.79 Å². The van der Waals surface area contributed by atoms with Crippen LogP contribution in [0.4, 0.5) is 26.3 Å². The first-order chi connectivity index (χ1) is 8.60. The molecule has 0 radical (unpaired) electrons. The largest absolute Gasteiger partial charge is 0.473 e. The second-order valence-corrected chi connectivity index (χ2v) is 3.80. The average molecular weight is 285 g/mol. The van der Waals surface area contributed by atoms with E-state index in [0.717, 1.165) is 6.08 Å². The smallest absolute Gasteiger partial charge is 0.262 e. The van der Waals surface area contributed by atoms with Crippen LogP contribution in [0.1, 0.15) is 6.42 Å². The van der Waals surface area contributed by atoms with Gasteiger partial charge in [0.25, 0.3) is 0 Å². The van der Waals surface area contributed by atoms with Crippen LogP contribution < -0.4 is 0 Å². The molecule has 2 aliphatic rings. The van der Waals surface area contributed by atoms with E-state index in [9.17, 15) is 31.1 Å². The number of rotatable bonds is 0. The van der Waals surface area contributed by atoms with E-state index in [2.05, 4.69) is 10.3 Å². The molecule has 1 amide bonds. The van der Waals surface area contributed by atoms with E-state index in [4.69, 9.17) is 0 Å². The second kappa shape index (κ2) is 4.07. The van der Waals surface area contributed by atoms with E-state index < -0.39 is 35.6 Å². The highest BCUT2D eigenvalue weighted by molar-refractivity contribution is 5.83. The normalized spacial score (nSPS) is 23.1. The predicted molar refractivity (Wildman–Crippen MR) is 48.4 cm³/mol. The molecular formula is C9H5F6N3O. The van der Waals surface area contributed by atoms with Gasteiger partial charge in [0.1, 0.15) is 6.04 Å². The zero-order chi connectivity index (χ0) is 14.4. The molecule has 1 unspecified atom stereocenters. The Morgan fingerprint density at radius 3 is 2.42 bits per heavy atom. The van der Waals surface area contributed by atoms with E-state index in [0.29, 0.717) is 6.08 Å². The molecule has 4 nitrogen and oxygen atoms in total. The quantitative estimate of drug-likeness (QED) is 0.631. The van der Waals surface area contributed by atoms with Crippen molar-refractivity contribution in [3.05, 3.63) is 23.4 Å². The molecular weight excluding hydrogens is 280 g/mol. The van der Waals surface area contributed by atoms with Gasteiger partial charge in [0, 0.05) is 0 Å². The van der Waals surface area contributed by atoms with Crippen molar-refractivity contribution in [2.45, 2.75) is 24.8 Å². The molecule has 0 spiro atoms. The summed E-state index contributed by atoms with van der Waals surface area (Å²) in [5.41, 5.74) is -1.64. The number of allylic oxidation sites excluding steroid dienone is 2. The molecule has 0 bridgehead atoms. The van der Waals surface area contributed by atoms with Crippen molar-refractivity contribution in [1.29, 1.82) is 0 Å². The Balaban J connectivity index is 2.32. The van der Waals surface area contributed by atoms with Gasteiger partial charge in [-0.2, -0.15) is 36.5 Å². The maximum absolute atomic E-state index is 12.5. The van der Waals surface area contributed by atoms with E-state index in [-0.39, 0.29) is 11.4 Å². The third-order valence-electron chi connectivity index (χ3n) is 2.49. The van der Waals surface area contributed by atoms with Crippen molar-refractivity contribution < 1.29 is 31.1 Å². The standard InChI is InChI=1S/C9H5F6N3O/c10-8(11,12)4-1-2-5-6(3-4)18(17-16-5)7(19)9(13,14)15/h1,3,5H,2H2. The van der Waals surface area contributed by atoms with Gasteiger partial charge in [-0.25, -0.2) is 0 Å². The molecule has 1 aliphatic heterocycles. The van der Waals surface area contributed by atoms with Gasteiger partial charge in [-0.1, -0.05) is 11.3 Å². The SMILES string of the molecule is O=C(N1N=NC2CC=C(C(F)(F)F)C=C21)C(F)(F)F. The van der Waals surface area contributed by atoms with Crippen LogP contribution in [-0.4, -0.2) is 29.3 Å². The number of alkyl halides is 6. The molecule has 2 rings (SSSR count). The van der Waals surface area contributed by atoms with Crippen molar-refractivity contribution in [3.63, 3.8) is 0 Å². The minimum Gasteiger partial charge on any atom is -0.262 e. The number of carbonyl (C=O) groups is 1. The summed E-state index contributed by atoms with van der Waals surface area (Å²) in [4.78, 5) is 11.0. The number of carbonyl (C=O) groups excluding carboxylic acids is 1. The molecule has 1 aliphatic carbocycles. The van der Waals surface area contributed by atoms with Gasteiger partial charge in [-0.05, 0) is 12.5 Å². The first-order valence-electron chi connectivity index (χ1n) is 4.91. The summed E-state index contributed by atoms with van der Waals surface area (Å²) in [5.74, 6) is -2.37. The van der Waals surface area contributed by atoms with E-state index in [1.54, 1.807) is 0 Å². The van der Waals surface area contributed by atoms with Crippen LogP contribution in [0, 0.1) is 0 Å². The van der Waals surface area contributed by atoms with Crippen LogP contribution in [0.5, 0.6) is 0 Å². The Labute approximate surface area is 102 Å². The number of amides is 1. The predicted octanol–water partition coefficient (Wildman–Crippen LogP) is 2.90. The van der Waals surface area contributed by atoms with Gasteiger partial charge < -0.3 is 0 Å². The van der Waals surface area contributed by atoms with Crippen molar-refractivity contribution in [1.82, 2.24) is 5.01 Å². The van der Waals surface area contributed by atoms with Gasteiger partial charge >= 0.3 is 18.3 Å². The maximum atomic E-state index is 12.5. The van der Waals surface area contributed by atoms with Gasteiger partial charge in [0.2, 0.25) is 0 Å². The Bertz CT molecular complexity index is 501. The third kappa shape index (κ3) is 2.47.